The van der Waals surface area contributed by atoms with E-state index in [4.69, 9.17) is 9.72 Å². The summed E-state index contributed by atoms with van der Waals surface area (Å²) in [6, 6.07) is -0.392. The number of morpholine rings is 1. The summed E-state index contributed by atoms with van der Waals surface area (Å²) < 4.78 is 7.73. The van der Waals surface area contributed by atoms with E-state index < -0.39 is 6.04 Å². The number of nitrogens with zero attached hydrogens (tertiary/aromatic N) is 7. The quantitative estimate of drug-likeness (QED) is 0.610. The molecule has 3 aromatic heterocycles. The van der Waals surface area contributed by atoms with Crippen LogP contribution in [0.25, 0.3) is 22.6 Å². The number of ether oxygens (including phenoxy) is 1. The van der Waals surface area contributed by atoms with Crippen LogP contribution in [0.3, 0.4) is 0 Å². The van der Waals surface area contributed by atoms with Crippen molar-refractivity contribution in [3.05, 3.63) is 24.5 Å². The third kappa shape index (κ3) is 3.72. The van der Waals surface area contributed by atoms with Gasteiger partial charge in [-0.15, -0.1) is 0 Å². The van der Waals surface area contributed by atoms with Gasteiger partial charge < -0.3 is 19.5 Å². The maximum Gasteiger partial charge on any atom is 0.245 e. The van der Waals surface area contributed by atoms with Gasteiger partial charge in [-0.1, -0.05) is 6.92 Å². The van der Waals surface area contributed by atoms with E-state index in [2.05, 4.69) is 25.3 Å². The zero-order chi connectivity index (χ0) is 23.0. The van der Waals surface area contributed by atoms with Gasteiger partial charge >= 0.3 is 0 Å². The summed E-state index contributed by atoms with van der Waals surface area (Å²) in [5.41, 5.74) is 2.04. The third-order valence-corrected chi connectivity index (χ3v) is 6.86. The topological polar surface area (TPSA) is 111 Å². The van der Waals surface area contributed by atoms with E-state index in [0.717, 1.165) is 36.3 Å². The normalized spacial score (nSPS) is 18.3. The molecule has 0 radical (unpaired) electrons. The van der Waals surface area contributed by atoms with Gasteiger partial charge in [-0.05, 0) is 39.5 Å². The zero-order valence-corrected chi connectivity index (χ0v) is 19.4. The van der Waals surface area contributed by atoms with E-state index in [1.54, 1.807) is 12.4 Å². The lowest BCUT2D eigenvalue weighted by atomic mass is 9.75. The smallest absolute Gasteiger partial charge is 0.245 e. The number of hydrogen-bond acceptors (Lipinski definition) is 8. The fourth-order valence-electron chi connectivity index (χ4n) is 4.84. The Morgan fingerprint density at radius 1 is 1.21 bits per heavy atom. The van der Waals surface area contributed by atoms with Crippen molar-refractivity contribution in [2.75, 3.05) is 25.1 Å². The molecule has 3 aromatic rings. The highest BCUT2D eigenvalue weighted by Gasteiger charge is 2.48. The lowest BCUT2D eigenvalue weighted by Crippen LogP contribution is -2.65. The van der Waals surface area contributed by atoms with E-state index >= 15 is 0 Å². The first kappa shape index (κ1) is 21.7. The van der Waals surface area contributed by atoms with Crippen molar-refractivity contribution >= 4 is 22.9 Å². The Kier molecular flexibility index (Phi) is 5.69. The number of amides is 1. The molecule has 1 aliphatic carbocycles. The molecule has 1 atom stereocenters. The molecule has 5 rings (SSSR count). The van der Waals surface area contributed by atoms with Crippen LogP contribution in [-0.4, -0.2) is 71.6 Å². The molecule has 1 amide bonds. The second-order valence-corrected chi connectivity index (χ2v) is 8.82. The maximum absolute atomic E-state index is 13.6. The zero-order valence-electron chi connectivity index (χ0n) is 19.4. The molecule has 0 unspecified atom stereocenters. The standard InChI is InChI=1S/C23H30N8O2/c1-4-17(22(32)31-9-10-33-13-23(31)7-6-8-23)28-19-18-21(27-14-26-19)30(5-2)20(29-18)16-11-24-15(3)25-12-16/h11-12,14,17H,4-10,13H2,1-3H3,(H,26,27,28)/t17-/m1/s1. The molecule has 33 heavy (non-hydrogen) atoms. The second kappa shape index (κ2) is 8.66. The van der Waals surface area contributed by atoms with Gasteiger partial charge in [0.25, 0.3) is 0 Å². The molecule has 10 nitrogen and oxygen atoms in total. The van der Waals surface area contributed by atoms with Gasteiger partial charge in [0.05, 0.1) is 24.3 Å². The number of anilines is 1. The maximum atomic E-state index is 13.6. The molecule has 2 aliphatic rings. The van der Waals surface area contributed by atoms with Crippen LogP contribution in [0.2, 0.25) is 0 Å². The predicted octanol–water partition coefficient (Wildman–Crippen LogP) is 2.58. The Labute approximate surface area is 192 Å². The van der Waals surface area contributed by atoms with Crippen molar-refractivity contribution in [3.63, 3.8) is 0 Å². The fourth-order valence-corrected chi connectivity index (χ4v) is 4.84. The molecule has 174 valence electrons. The summed E-state index contributed by atoms with van der Waals surface area (Å²) >= 11 is 0. The van der Waals surface area contributed by atoms with E-state index in [1.165, 1.54) is 6.33 Å². The van der Waals surface area contributed by atoms with Gasteiger partial charge in [-0.3, -0.25) is 4.79 Å². The molecule has 10 heteroatoms. The monoisotopic (exact) mass is 450 g/mol. The lowest BCUT2D eigenvalue weighted by Gasteiger charge is -2.53. The highest BCUT2D eigenvalue weighted by molar-refractivity contribution is 5.90. The fraction of sp³-hybridized carbons (Fsp3) is 0.565. The van der Waals surface area contributed by atoms with Crippen molar-refractivity contribution in [2.24, 2.45) is 0 Å². The Hall–Kier alpha value is -3.14. The van der Waals surface area contributed by atoms with Crippen LogP contribution in [0.15, 0.2) is 18.7 Å². The third-order valence-electron chi connectivity index (χ3n) is 6.86. The minimum atomic E-state index is -0.392. The molecule has 0 bridgehead atoms. The summed E-state index contributed by atoms with van der Waals surface area (Å²) in [6.45, 7) is 8.46. The van der Waals surface area contributed by atoms with Crippen molar-refractivity contribution in [1.29, 1.82) is 0 Å². The van der Waals surface area contributed by atoms with Crippen LogP contribution in [-0.2, 0) is 16.1 Å². The summed E-state index contributed by atoms with van der Waals surface area (Å²) in [5.74, 6) is 2.11. The van der Waals surface area contributed by atoms with Gasteiger partial charge in [0, 0.05) is 25.5 Å². The Bertz CT molecular complexity index is 1160. The highest BCUT2D eigenvalue weighted by Crippen LogP contribution is 2.40. The molecular weight excluding hydrogens is 420 g/mol. The van der Waals surface area contributed by atoms with Crippen molar-refractivity contribution in [1.82, 2.24) is 34.4 Å². The summed E-state index contributed by atoms with van der Waals surface area (Å²) in [5, 5.41) is 3.39. The SMILES string of the molecule is CC[C@@H](Nc1ncnc2c1nc(-c1cnc(C)nc1)n2CC)C(=O)N1CCOCC12CCC2. The van der Waals surface area contributed by atoms with Crippen LogP contribution >= 0.6 is 0 Å². The molecule has 1 N–H and O–H groups in total. The highest BCUT2D eigenvalue weighted by atomic mass is 16.5. The number of aromatic nitrogens is 6. The molecule has 1 aliphatic heterocycles. The predicted molar refractivity (Wildman–Crippen MR) is 124 cm³/mol. The Morgan fingerprint density at radius 3 is 2.67 bits per heavy atom. The minimum absolute atomic E-state index is 0.106. The molecule has 4 heterocycles. The van der Waals surface area contributed by atoms with Gasteiger partial charge in [-0.25, -0.2) is 24.9 Å². The number of fused-ring (bicyclic) bond motifs is 1. The molecule has 2 fully saturated rings. The number of carbonyl (C=O) groups excluding carboxylic acids is 1. The molecule has 1 saturated heterocycles. The van der Waals surface area contributed by atoms with E-state index in [1.807, 2.05) is 30.2 Å². The van der Waals surface area contributed by atoms with E-state index in [9.17, 15) is 4.79 Å². The van der Waals surface area contributed by atoms with Crippen molar-refractivity contribution in [3.8, 4) is 11.4 Å². The van der Waals surface area contributed by atoms with Crippen molar-refractivity contribution < 1.29 is 9.53 Å². The first-order chi connectivity index (χ1) is 16.1. The van der Waals surface area contributed by atoms with Crippen LogP contribution in [0, 0.1) is 6.92 Å². The summed E-state index contributed by atoms with van der Waals surface area (Å²) in [4.78, 5) is 38.0. The van der Waals surface area contributed by atoms with Gasteiger partial charge in [-0.2, -0.15) is 0 Å². The molecule has 1 saturated carbocycles. The Morgan fingerprint density at radius 2 is 2.00 bits per heavy atom. The average molecular weight is 451 g/mol. The van der Waals surface area contributed by atoms with Crippen LogP contribution in [0.4, 0.5) is 5.82 Å². The number of rotatable bonds is 6. The largest absolute Gasteiger partial charge is 0.377 e. The van der Waals surface area contributed by atoms with Crippen molar-refractivity contribution in [2.45, 2.75) is 64.6 Å². The van der Waals surface area contributed by atoms with Crippen LogP contribution in [0.1, 0.15) is 45.4 Å². The molecule has 1 spiro atoms. The van der Waals surface area contributed by atoms with Crippen LogP contribution < -0.4 is 5.32 Å². The number of hydrogen-bond donors (Lipinski definition) is 1. The van der Waals surface area contributed by atoms with Crippen LogP contribution in [0.5, 0.6) is 0 Å². The second-order valence-electron chi connectivity index (χ2n) is 8.82. The van der Waals surface area contributed by atoms with Gasteiger partial charge in [0.1, 0.15) is 24.0 Å². The minimum Gasteiger partial charge on any atom is -0.377 e. The Balaban J connectivity index is 1.48. The van der Waals surface area contributed by atoms with Gasteiger partial charge in [0.2, 0.25) is 5.91 Å². The summed E-state index contributed by atoms with van der Waals surface area (Å²) in [6.07, 6.45) is 8.86. The molecule has 0 aromatic carbocycles. The lowest BCUT2D eigenvalue weighted by molar-refractivity contribution is -0.159. The number of nitrogens with one attached hydrogen (secondary N) is 1. The van der Waals surface area contributed by atoms with E-state index in [-0.39, 0.29) is 11.4 Å². The molecular formula is C23H30N8O2. The number of carbonyl (C=O) groups is 1. The number of aryl methyl sites for hydroxylation is 2. The van der Waals surface area contributed by atoms with E-state index in [0.29, 0.717) is 49.9 Å². The first-order valence-corrected chi connectivity index (χ1v) is 11.7. The first-order valence-electron chi connectivity index (χ1n) is 11.7. The number of imidazole rings is 1. The van der Waals surface area contributed by atoms with Gasteiger partial charge in [0.15, 0.2) is 17.0 Å². The summed E-state index contributed by atoms with van der Waals surface area (Å²) in [7, 11) is 0. The average Bonchev–Trinajstić information content (AvgIpc) is 3.21.